The van der Waals surface area contributed by atoms with E-state index >= 15 is 0 Å². The molecule has 750 valence electrons. The van der Waals surface area contributed by atoms with E-state index < -0.39 is 18.3 Å². The van der Waals surface area contributed by atoms with E-state index in [0.717, 1.165) is 170 Å². The normalized spacial score (nSPS) is 16.9. The SMILES string of the molecule is CC(C)Oc1ccc(-c2nc(-c3cccc4c3CC[C@@H]4NC(=O)N(C)C)no2)cc1C#N.CC(C)Oc1ccc(-c2nc(-c3cccc4c3CC[C@@H]4NC(=O)N3CCC(N(C)C)CC3)no2)cc1C#N.CC(C)Oc1ccc(-c2nc(-c3cccc4c3CC[C@H]4NC(=O)N3CCC(N(C)C)CC3)no2)cc1C#N.CC[C@@H](O)[C@@H](O)[C@H](O)CN[C@H]1CCc2c(-c3noc(-c4ccc(OC(C)C)c(C#N)c4)n3)cccc21. The molecule has 0 unspecified atom stereocenters. The van der Waals surface area contributed by atoms with Crippen molar-refractivity contribution in [1.82, 2.24) is 86.3 Å². The molecule has 6 aliphatic rings. The van der Waals surface area contributed by atoms with Crippen molar-refractivity contribution >= 4 is 18.1 Å². The third-order valence-electron chi connectivity index (χ3n) is 26.6. The number of aliphatic hydroxyl groups is 3. The summed E-state index contributed by atoms with van der Waals surface area (Å²) in [5.74, 6) is 5.37. The number of likely N-dealkylation sites (tertiary alicyclic amines) is 2. The molecule has 35 heteroatoms. The van der Waals surface area contributed by atoms with Crippen molar-refractivity contribution in [2.24, 2.45) is 0 Å². The van der Waals surface area contributed by atoms with Crippen LogP contribution in [0.15, 0.2) is 164 Å². The lowest BCUT2D eigenvalue weighted by molar-refractivity contribution is -0.0593. The number of urea groups is 3. The van der Waals surface area contributed by atoms with Crippen LogP contribution in [0.2, 0.25) is 0 Å². The minimum Gasteiger partial charge on any atom is -0.490 e. The van der Waals surface area contributed by atoms with Gasteiger partial charge in [-0.3, -0.25) is 0 Å². The summed E-state index contributed by atoms with van der Waals surface area (Å²) in [6.45, 7) is 20.3. The number of carbonyl (C=O) groups is 3. The second-order valence-electron chi connectivity index (χ2n) is 38.6. The van der Waals surface area contributed by atoms with Crippen LogP contribution in [0.1, 0.15) is 211 Å². The maximum Gasteiger partial charge on any atom is 0.317 e. The number of piperidine rings is 2. The first-order chi connectivity index (χ1) is 69.4. The van der Waals surface area contributed by atoms with Crippen LogP contribution in [-0.4, -0.2) is 228 Å². The van der Waals surface area contributed by atoms with Crippen molar-refractivity contribution in [3.63, 3.8) is 0 Å². The van der Waals surface area contributed by atoms with Crippen LogP contribution in [0.5, 0.6) is 23.0 Å². The zero-order valence-electron chi connectivity index (χ0n) is 84.0. The van der Waals surface area contributed by atoms with Gasteiger partial charge in [-0.1, -0.05) is 100 Å². The molecule has 0 spiro atoms. The molecule has 0 radical (unpaired) electrons. The summed E-state index contributed by atoms with van der Waals surface area (Å²) < 4.78 is 45.0. The standard InChI is InChI=1S/2C29H34N6O3.C27H32N4O5.C24H25N5O3/c2*1-18(2)37-26-11-8-19(16-20(26)17-30)28-32-27(33-38-28)24-7-5-6-23-22(24)9-10-25(23)31-29(36)35-14-12-21(13-15-35)34(3)4;1-4-22(32)25(34)23(33)14-29-21-10-9-18-19(21)6-5-7-20(18)26-30-27(36-31-26)16-8-11-24(35-15(2)3)17(12-16)13-28;1-14(2)31-21-11-8-15(12-16(21)13-25)23-27-22(28-32-23)19-7-5-6-18-17(19)9-10-20(18)26-24(30)29(3)4/h2*5-8,11,16,18,21,25H,9-10,12-15H2,1-4H3,(H,31,36);5-8,11-12,15,21-23,25,29,32-34H,4,9-10,14H2,1-3H3;5-8,11-12,14,20H,9-10H2,1-4H3,(H,26,30)/t2*25-;21-,22+,23+,25+;20-/m1000/s1. The molecule has 35 nitrogen and oxygen atoms in total. The van der Waals surface area contributed by atoms with Gasteiger partial charge in [-0.05, 0) is 284 Å². The number of hydrogen-bond donors (Lipinski definition) is 7. The molecule has 6 heterocycles. The van der Waals surface area contributed by atoms with E-state index in [1.54, 1.807) is 81.7 Å². The molecule has 6 amide bonds. The van der Waals surface area contributed by atoms with E-state index in [2.05, 4.69) is 136 Å². The summed E-state index contributed by atoms with van der Waals surface area (Å²) >= 11 is 0. The van der Waals surface area contributed by atoms with E-state index in [1.807, 2.05) is 138 Å². The van der Waals surface area contributed by atoms with Crippen molar-refractivity contribution in [3.05, 3.63) is 212 Å². The van der Waals surface area contributed by atoms with Gasteiger partial charge >= 0.3 is 18.1 Å². The summed E-state index contributed by atoms with van der Waals surface area (Å²) in [5.41, 5.74) is 16.7. The second kappa shape index (κ2) is 46.8. The maximum absolute atomic E-state index is 13.0. The smallest absolute Gasteiger partial charge is 0.317 e. The van der Waals surface area contributed by atoms with Gasteiger partial charge in [-0.25, -0.2) is 14.4 Å². The van der Waals surface area contributed by atoms with Crippen LogP contribution in [0.3, 0.4) is 0 Å². The molecule has 144 heavy (non-hydrogen) atoms. The lowest BCUT2D eigenvalue weighted by Crippen LogP contribution is -2.48. The number of hydrogen-bond acceptors (Lipinski definition) is 29. The minimum absolute atomic E-state index is 0.00127. The van der Waals surface area contributed by atoms with E-state index in [1.165, 1.54) is 4.90 Å². The average Bonchev–Trinajstić information content (AvgIpc) is 1.65. The van der Waals surface area contributed by atoms with E-state index in [-0.39, 0.29) is 73.2 Å². The van der Waals surface area contributed by atoms with Gasteiger partial charge in [0.15, 0.2) is 0 Å². The van der Waals surface area contributed by atoms with E-state index in [0.29, 0.717) is 133 Å². The largest absolute Gasteiger partial charge is 0.490 e. The number of carbonyl (C=O) groups excluding carboxylic acids is 3. The summed E-state index contributed by atoms with van der Waals surface area (Å²) in [5, 5.41) is 98.0. The number of ether oxygens (including phenoxy) is 4. The van der Waals surface area contributed by atoms with Crippen molar-refractivity contribution in [1.29, 1.82) is 21.0 Å². The molecule has 8 aromatic carbocycles. The Balaban J connectivity index is 0.000000145. The lowest BCUT2D eigenvalue weighted by atomic mass is 10.0. The highest BCUT2D eigenvalue weighted by Gasteiger charge is 2.37. The fourth-order valence-corrected chi connectivity index (χ4v) is 19.2. The minimum atomic E-state index is -1.19. The molecule has 7 atom stereocenters. The number of fused-ring (bicyclic) bond motifs is 4. The first-order valence-corrected chi connectivity index (χ1v) is 49.2. The molecule has 4 aromatic heterocycles. The molecule has 4 aliphatic carbocycles. The van der Waals surface area contributed by atoms with Gasteiger partial charge in [0.2, 0.25) is 23.3 Å². The van der Waals surface area contributed by atoms with Gasteiger partial charge in [0, 0.05) is 109 Å². The molecule has 2 fully saturated rings. The zero-order valence-corrected chi connectivity index (χ0v) is 84.0. The van der Waals surface area contributed by atoms with Gasteiger partial charge in [-0.15, -0.1) is 0 Å². The van der Waals surface area contributed by atoms with Gasteiger partial charge in [0.25, 0.3) is 23.6 Å². The summed E-state index contributed by atoms with van der Waals surface area (Å²) in [6.07, 6.45) is 7.54. The number of nitriles is 4. The molecule has 18 rings (SSSR count). The molecule has 2 aliphatic heterocycles. The topological polar surface area (TPSA) is 464 Å². The number of nitrogens with one attached hydrogen (secondary N) is 4. The molecule has 12 aromatic rings. The highest BCUT2D eigenvalue weighted by molar-refractivity contribution is 5.79. The molecular weight excluding hydrogens is 1830 g/mol. The quantitative estimate of drug-likeness (QED) is 0.0251. The molecule has 2 saturated heterocycles. The average molecular weight is 1950 g/mol. The fraction of sp³-hybridized carbons (Fsp3) is 0.422. The number of aromatic nitrogens is 8. The number of nitrogens with zero attached hydrogens (tertiary/aromatic N) is 17. The van der Waals surface area contributed by atoms with Crippen LogP contribution in [0, 0.1) is 45.3 Å². The van der Waals surface area contributed by atoms with Gasteiger partial charge in [0.05, 0.1) is 77.0 Å². The molecule has 0 bridgehead atoms. The van der Waals surface area contributed by atoms with Crippen LogP contribution < -0.4 is 40.2 Å². The molecule has 7 N–H and O–H groups in total. The van der Waals surface area contributed by atoms with Crippen molar-refractivity contribution < 1.29 is 66.7 Å². The zero-order chi connectivity index (χ0) is 102. The second-order valence-corrected chi connectivity index (χ2v) is 38.6. The van der Waals surface area contributed by atoms with E-state index in [4.69, 9.17) is 37.0 Å². The van der Waals surface area contributed by atoms with Gasteiger partial charge in [-0.2, -0.15) is 41.0 Å². The van der Waals surface area contributed by atoms with Crippen molar-refractivity contribution in [2.75, 3.05) is 75.0 Å². The Morgan fingerprint density at radius 3 is 0.938 bits per heavy atom. The highest BCUT2D eigenvalue weighted by Crippen LogP contribution is 2.44. The number of amides is 6. The maximum atomic E-state index is 13.0. The predicted molar refractivity (Wildman–Crippen MR) is 539 cm³/mol. The first-order valence-electron chi connectivity index (χ1n) is 49.2. The Kier molecular flexibility index (Phi) is 33.6. The summed E-state index contributed by atoms with van der Waals surface area (Å²) in [4.78, 5) is 66.5. The lowest BCUT2D eigenvalue weighted by Gasteiger charge is -2.35. The van der Waals surface area contributed by atoms with E-state index in [9.17, 15) is 50.8 Å². The van der Waals surface area contributed by atoms with Crippen LogP contribution in [0.4, 0.5) is 14.4 Å². The Hall–Kier alpha value is -15.0. The summed E-state index contributed by atoms with van der Waals surface area (Å²) in [6, 6.07) is 54.4. The Morgan fingerprint density at radius 2 is 0.674 bits per heavy atom. The van der Waals surface area contributed by atoms with Crippen LogP contribution >= 0.6 is 0 Å². The number of aliphatic hydroxyl groups excluding tert-OH is 3. The highest BCUT2D eigenvalue weighted by atomic mass is 16.5. The van der Waals surface area contributed by atoms with Crippen molar-refractivity contribution in [3.8, 4) is 139 Å². The summed E-state index contributed by atoms with van der Waals surface area (Å²) in [7, 11) is 11.8. The molecule has 0 saturated carbocycles. The monoisotopic (exact) mass is 1950 g/mol. The predicted octanol–water partition coefficient (Wildman–Crippen LogP) is 17.0. The van der Waals surface area contributed by atoms with Gasteiger partial charge in [0.1, 0.15) is 53.4 Å². The first kappa shape index (κ1) is 103. The third-order valence-corrected chi connectivity index (χ3v) is 26.6. The van der Waals surface area contributed by atoms with Crippen LogP contribution in [-0.2, 0) is 25.7 Å². The Labute approximate surface area is 838 Å². The fourth-order valence-electron chi connectivity index (χ4n) is 19.2. The molecular formula is C109H125N21O14. The third kappa shape index (κ3) is 24.3. The van der Waals surface area contributed by atoms with Crippen molar-refractivity contribution in [2.45, 2.75) is 225 Å². The van der Waals surface area contributed by atoms with Crippen LogP contribution in [0.25, 0.3) is 91.4 Å². The number of benzene rings is 8. The number of rotatable bonds is 27. The Morgan fingerprint density at radius 1 is 0.396 bits per heavy atom. The Bertz CT molecular complexity index is 6510. The van der Waals surface area contributed by atoms with Gasteiger partial charge < -0.3 is 98.1 Å².